The zero-order valence-corrected chi connectivity index (χ0v) is 14.3. The van der Waals surface area contributed by atoms with Gasteiger partial charge >= 0.3 is 0 Å². The summed E-state index contributed by atoms with van der Waals surface area (Å²) in [5, 5.41) is 2.92. The normalized spacial score (nSPS) is 11.8. The highest BCUT2D eigenvalue weighted by Crippen LogP contribution is 2.16. The Morgan fingerprint density at radius 2 is 1.83 bits per heavy atom. The molecule has 0 radical (unpaired) electrons. The van der Waals surface area contributed by atoms with Gasteiger partial charge in [-0.25, -0.2) is 0 Å². The van der Waals surface area contributed by atoms with Gasteiger partial charge in [0.15, 0.2) is 6.54 Å². The fraction of sp³-hybridized carbons (Fsp3) is 0.316. The van der Waals surface area contributed by atoms with Crippen LogP contribution in [0.2, 0.25) is 0 Å². The molecular formula is C19H25N2O2+. The van der Waals surface area contributed by atoms with Gasteiger partial charge in [-0.2, -0.15) is 0 Å². The van der Waals surface area contributed by atoms with E-state index in [0.29, 0.717) is 6.54 Å². The van der Waals surface area contributed by atoms with Crippen LogP contribution in [0.4, 0.5) is 5.69 Å². The molecule has 0 bridgehead atoms. The minimum atomic E-state index is 0.000119. The Morgan fingerprint density at radius 3 is 2.48 bits per heavy atom. The Balaban J connectivity index is 1.91. The molecule has 2 N–H and O–H groups in total. The SMILES string of the molecule is COc1cccc(NC(=O)C[NH+](C)Cc2cc(C)cc(C)c2)c1. The van der Waals surface area contributed by atoms with E-state index in [9.17, 15) is 4.79 Å². The van der Waals surface area contributed by atoms with Gasteiger partial charge in [0.05, 0.1) is 14.2 Å². The first-order chi connectivity index (χ1) is 11.0. The molecule has 4 nitrogen and oxygen atoms in total. The number of likely N-dealkylation sites (N-methyl/N-ethyl adjacent to an activating group) is 1. The first kappa shape index (κ1) is 17.0. The molecule has 0 aromatic heterocycles. The lowest BCUT2D eigenvalue weighted by Crippen LogP contribution is -3.08. The summed E-state index contributed by atoms with van der Waals surface area (Å²) in [6, 6.07) is 13.9. The van der Waals surface area contributed by atoms with Crippen molar-refractivity contribution in [2.24, 2.45) is 0 Å². The van der Waals surface area contributed by atoms with Crippen molar-refractivity contribution in [3.8, 4) is 5.75 Å². The van der Waals surface area contributed by atoms with E-state index in [4.69, 9.17) is 4.74 Å². The first-order valence-corrected chi connectivity index (χ1v) is 7.78. The number of anilines is 1. The molecule has 2 aromatic carbocycles. The van der Waals surface area contributed by atoms with Gasteiger partial charge < -0.3 is 15.0 Å². The fourth-order valence-corrected chi connectivity index (χ4v) is 2.76. The quantitative estimate of drug-likeness (QED) is 0.856. The number of amides is 1. The Kier molecular flexibility index (Phi) is 5.77. The predicted molar refractivity (Wildman–Crippen MR) is 93.0 cm³/mol. The van der Waals surface area contributed by atoms with E-state index in [0.717, 1.165) is 22.9 Å². The molecule has 0 saturated carbocycles. The third-order valence-electron chi connectivity index (χ3n) is 3.60. The zero-order chi connectivity index (χ0) is 16.8. The molecule has 4 heteroatoms. The van der Waals surface area contributed by atoms with E-state index >= 15 is 0 Å². The number of hydrogen-bond acceptors (Lipinski definition) is 2. The number of carbonyl (C=O) groups excluding carboxylic acids is 1. The molecular weight excluding hydrogens is 288 g/mol. The van der Waals surface area contributed by atoms with Crippen molar-refractivity contribution in [2.75, 3.05) is 26.0 Å². The molecule has 122 valence electrons. The third kappa shape index (κ3) is 5.42. The predicted octanol–water partition coefficient (Wildman–Crippen LogP) is 1.97. The van der Waals surface area contributed by atoms with Crippen molar-refractivity contribution >= 4 is 11.6 Å². The van der Waals surface area contributed by atoms with E-state index in [2.05, 4.69) is 37.4 Å². The minimum absolute atomic E-state index is 0.000119. The van der Waals surface area contributed by atoms with Crippen LogP contribution in [-0.4, -0.2) is 26.6 Å². The zero-order valence-electron chi connectivity index (χ0n) is 14.3. The van der Waals surface area contributed by atoms with Crippen molar-refractivity contribution in [1.29, 1.82) is 0 Å². The molecule has 1 atom stereocenters. The van der Waals surface area contributed by atoms with Gasteiger partial charge in [-0.05, 0) is 26.0 Å². The molecule has 2 aromatic rings. The molecule has 0 saturated heterocycles. The lowest BCUT2D eigenvalue weighted by atomic mass is 10.1. The van der Waals surface area contributed by atoms with Gasteiger partial charge in [0.2, 0.25) is 0 Å². The molecule has 0 aliphatic rings. The van der Waals surface area contributed by atoms with E-state index < -0.39 is 0 Å². The second-order valence-electron chi connectivity index (χ2n) is 6.09. The molecule has 0 aliphatic carbocycles. The largest absolute Gasteiger partial charge is 0.497 e. The van der Waals surface area contributed by atoms with Crippen LogP contribution >= 0.6 is 0 Å². The number of quaternary nitrogens is 1. The highest BCUT2D eigenvalue weighted by Gasteiger charge is 2.11. The summed E-state index contributed by atoms with van der Waals surface area (Å²) < 4.78 is 5.16. The molecule has 0 aliphatic heterocycles. The van der Waals surface area contributed by atoms with Crippen LogP contribution in [0.5, 0.6) is 5.75 Å². The minimum Gasteiger partial charge on any atom is -0.497 e. The molecule has 1 unspecified atom stereocenters. The Bertz CT molecular complexity index is 663. The molecule has 0 fully saturated rings. The number of nitrogens with one attached hydrogen (secondary N) is 2. The number of benzene rings is 2. The maximum absolute atomic E-state index is 12.2. The van der Waals surface area contributed by atoms with Gasteiger partial charge in [-0.1, -0.05) is 35.4 Å². The summed E-state index contributed by atoms with van der Waals surface area (Å²) >= 11 is 0. The summed E-state index contributed by atoms with van der Waals surface area (Å²) in [5.41, 5.74) is 4.53. The number of ether oxygens (including phenoxy) is 1. The fourth-order valence-electron chi connectivity index (χ4n) is 2.76. The molecule has 2 rings (SSSR count). The summed E-state index contributed by atoms with van der Waals surface area (Å²) in [6.45, 7) is 5.45. The number of carbonyl (C=O) groups is 1. The van der Waals surface area contributed by atoms with Crippen LogP contribution in [0.1, 0.15) is 16.7 Å². The van der Waals surface area contributed by atoms with Crippen LogP contribution in [0, 0.1) is 13.8 Å². The van der Waals surface area contributed by atoms with Gasteiger partial charge in [0.1, 0.15) is 12.3 Å². The Hall–Kier alpha value is -2.33. The van der Waals surface area contributed by atoms with Crippen LogP contribution < -0.4 is 15.0 Å². The lowest BCUT2D eigenvalue weighted by molar-refractivity contribution is -0.885. The van der Waals surface area contributed by atoms with E-state index in [-0.39, 0.29) is 5.91 Å². The number of hydrogen-bond donors (Lipinski definition) is 2. The van der Waals surface area contributed by atoms with E-state index in [1.807, 2.05) is 31.3 Å². The average Bonchev–Trinajstić information content (AvgIpc) is 2.45. The van der Waals surface area contributed by atoms with Crippen molar-refractivity contribution < 1.29 is 14.4 Å². The second-order valence-corrected chi connectivity index (χ2v) is 6.09. The molecule has 0 heterocycles. The number of aryl methyl sites for hydroxylation is 2. The highest BCUT2D eigenvalue weighted by atomic mass is 16.5. The third-order valence-corrected chi connectivity index (χ3v) is 3.60. The monoisotopic (exact) mass is 313 g/mol. The smallest absolute Gasteiger partial charge is 0.279 e. The summed E-state index contributed by atoms with van der Waals surface area (Å²) in [5.74, 6) is 0.735. The van der Waals surface area contributed by atoms with Crippen LogP contribution in [0.15, 0.2) is 42.5 Å². The summed E-state index contributed by atoms with van der Waals surface area (Å²) in [7, 11) is 3.64. The topological polar surface area (TPSA) is 42.8 Å². The standard InChI is InChI=1S/C19H24N2O2/c1-14-8-15(2)10-16(9-14)12-21(3)13-19(22)20-17-6-5-7-18(11-17)23-4/h5-11H,12-13H2,1-4H3,(H,20,22)/p+1. The van der Waals surface area contributed by atoms with Crippen molar-refractivity contribution in [1.82, 2.24) is 0 Å². The maximum atomic E-state index is 12.2. The Morgan fingerprint density at radius 1 is 1.13 bits per heavy atom. The highest BCUT2D eigenvalue weighted by molar-refractivity contribution is 5.91. The van der Waals surface area contributed by atoms with Crippen LogP contribution in [0.25, 0.3) is 0 Å². The Labute approximate surface area is 138 Å². The van der Waals surface area contributed by atoms with E-state index in [1.54, 1.807) is 7.11 Å². The van der Waals surface area contributed by atoms with Crippen molar-refractivity contribution in [3.63, 3.8) is 0 Å². The molecule has 1 amide bonds. The summed E-state index contributed by atoms with van der Waals surface area (Å²) in [6.07, 6.45) is 0. The van der Waals surface area contributed by atoms with Crippen LogP contribution in [-0.2, 0) is 11.3 Å². The second kappa shape index (κ2) is 7.79. The van der Waals surface area contributed by atoms with Crippen LogP contribution in [0.3, 0.4) is 0 Å². The van der Waals surface area contributed by atoms with E-state index in [1.165, 1.54) is 16.7 Å². The molecule has 23 heavy (non-hydrogen) atoms. The average molecular weight is 313 g/mol. The first-order valence-electron chi connectivity index (χ1n) is 7.78. The lowest BCUT2D eigenvalue weighted by Gasteiger charge is -2.15. The van der Waals surface area contributed by atoms with Crippen molar-refractivity contribution in [2.45, 2.75) is 20.4 Å². The van der Waals surface area contributed by atoms with Gasteiger partial charge in [-0.15, -0.1) is 0 Å². The summed E-state index contributed by atoms with van der Waals surface area (Å²) in [4.78, 5) is 13.3. The number of methoxy groups -OCH3 is 1. The molecule has 0 spiro atoms. The maximum Gasteiger partial charge on any atom is 0.279 e. The van der Waals surface area contributed by atoms with Crippen molar-refractivity contribution in [3.05, 3.63) is 59.2 Å². The van der Waals surface area contributed by atoms with Gasteiger partial charge in [-0.3, -0.25) is 4.79 Å². The van der Waals surface area contributed by atoms with Gasteiger partial charge in [0.25, 0.3) is 5.91 Å². The van der Waals surface area contributed by atoms with Gasteiger partial charge in [0, 0.05) is 17.3 Å². The number of rotatable bonds is 6.